The Hall–Kier alpha value is -3.02. The summed E-state index contributed by atoms with van der Waals surface area (Å²) in [5.74, 6) is 0.594. The highest BCUT2D eigenvalue weighted by Crippen LogP contribution is 2.28. The molecule has 0 saturated heterocycles. The highest BCUT2D eigenvalue weighted by Gasteiger charge is 2.12. The number of nitrogens with zero attached hydrogens (tertiary/aromatic N) is 5. The van der Waals surface area contributed by atoms with E-state index in [-0.39, 0.29) is 0 Å². The summed E-state index contributed by atoms with van der Waals surface area (Å²) < 4.78 is 7.72. The molecule has 4 rings (SSSR count). The van der Waals surface area contributed by atoms with E-state index in [2.05, 4.69) is 20.2 Å². The monoisotopic (exact) mass is 277 g/mol. The van der Waals surface area contributed by atoms with E-state index in [4.69, 9.17) is 4.42 Å². The van der Waals surface area contributed by atoms with Crippen LogP contribution in [0.2, 0.25) is 0 Å². The summed E-state index contributed by atoms with van der Waals surface area (Å²) in [6.07, 6.45) is 6.76. The molecule has 0 atom stereocenters. The average molecular weight is 277 g/mol. The largest absolute Gasteiger partial charge is 0.436 e. The molecule has 0 radical (unpaired) electrons. The number of aryl methyl sites for hydroxylation is 1. The maximum atomic E-state index is 5.88. The quantitative estimate of drug-likeness (QED) is 0.563. The van der Waals surface area contributed by atoms with Crippen LogP contribution in [0, 0.1) is 6.92 Å². The molecular weight excluding hydrogens is 266 g/mol. The van der Waals surface area contributed by atoms with Crippen molar-refractivity contribution in [2.45, 2.75) is 6.92 Å². The van der Waals surface area contributed by atoms with Crippen molar-refractivity contribution in [3.8, 4) is 17.1 Å². The zero-order valence-corrected chi connectivity index (χ0v) is 11.3. The fourth-order valence-electron chi connectivity index (χ4n) is 2.28. The Morgan fingerprint density at radius 1 is 1.05 bits per heavy atom. The first-order valence-corrected chi connectivity index (χ1v) is 6.48. The Morgan fingerprint density at radius 3 is 2.57 bits per heavy atom. The van der Waals surface area contributed by atoms with Crippen molar-refractivity contribution >= 4 is 11.1 Å². The lowest BCUT2D eigenvalue weighted by atomic mass is 10.2. The zero-order chi connectivity index (χ0) is 14.2. The van der Waals surface area contributed by atoms with Crippen LogP contribution < -0.4 is 0 Å². The third-order valence-corrected chi connectivity index (χ3v) is 3.30. The van der Waals surface area contributed by atoms with Crippen LogP contribution in [0.3, 0.4) is 0 Å². The second-order valence-corrected chi connectivity index (χ2v) is 4.73. The summed E-state index contributed by atoms with van der Waals surface area (Å²) in [7, 11) is 0. The number of pyridine rings is 1. The molecule has 4 aromatic rings. The van der Waals surface area contributed by atoms with E-state index in [1.54, 1.807) is 25.0 Å². The Kier molecular flexibility index (Phi) is 2.53. The minimum atomic E-state index is 0.594. The van der Waals surface area contributed by atoms with Crippen molar-refractivity contribution in [1.29, 1.82) is 0 Å². The fraction of sp³-hybridized carbons (Fsp3) is 0.0667. The molecule has 0 aliphatic carbocycles. The van der Waals surface area contributed by atoms with Crippen molar-refractivity contribution < 1.29 is 4.42 Å². The maximum Gasteiger partial charge on any atom is 0.227 e. The first-order chi connectivity index (χ1) is 10.3. The molecule has 6 nitrogen and oxygen atoms in total. The van der Waals surface area contributed by atoms with Crippen LogP contribution in [0.25, 0.3) is 28.2 Å². The van der Waals surface area contributed by atoms with Gasteiger partial charge in [0.25, 0.3) is 0 Å². The van der Waals surface area contributed by atoms with Gasteiger partial charge in [-0.15, -0.1) is 10.2 Å². The van der Waals surface area contributed by atoms with Crippen LogP contribution in [0.5, 0.6) is 0 Å². The summed E-state index contributed by atoms with van der Waals surface area (Å²) in [4.78, 5) is 8.57. The van der Waals surface area contributed by atoms with Gasteiger partial charge >= 0.3 is 0 Å². The molecule has 0 spiro atoms. The molecule has 1 aromatic carbocycles. The number of fused-ring (bicyclic) bond motifs is 1. The van der Waals surface area contributed by atoms with E-state index < -0.39 is 0 Å². The van der Waals surface area contributed by atoms with E-state index in [9.17, 15) is 0 Å². The normalized spacial score (nSPS) is 11.1. The molecule has 3 heterocycles. The lowest BCUT2D eigenvalue weighted by molar-refractivity contribution is 0.617. The maximum absolute atomic E-state index is 5.88. The summed E-state index contributed by atoms with van der Waals surface area (Å²) in [6.45, 7) is 2.00. The van der Waals surface area contributed by atoms with Gasteiger partial charge in [-0.05, 0) is 36.8 Å². The van der Waals surface area contributed by atoms with Gasteiger partial charge in [0.2, 0.25) is 5.89 Å². The van der Waals surface area contributed by atoms with Crippen LogP contribution in [-0.4, -0.2) is 24.7 Å². The summed E-state index contributed by atoms with van der Waals surface area (Å²) in [5.41, 5.74) is 4.49. The lowest BCUT2D eigenvalue weighted by Crippen LogP contribution is -1.91. The van der Waals surface area contributed by atoms with Crippen molar-refractivity contribution in [1.82, 2.24) is 24.7 Å². The Balaban J connectivity index is 1.90. The molecule has 6 heteroatoms. The van der Waals surface area contributed by atoms with Gasteiger partial charge in [-0.2, -0.15) is 0 Å². The number of benzene rings is 1. The Labute approximate surface area is 120 Å². The number of hydrogen-bond acceptors (Lipinski definition) is 5. The van der Waals surface area contributed by atoms with E-state index in [0.717, 1.165) is 27.9 Å². The molecule has 0 saturated carbocycles. The van der Waals surface area contributed by atoms with E-state index in [1.807, 2.05) is 35.8 Å². The predicted octanol–water partition coefficient (Wildman–Crippen LogP) is 2.78. The third-order valence-electron chi connectivity index (χ3n) is 3.30. The minimum Gasteiger partial charge on any atom is -0.436 e. The average Bonchev–Trinajstić information content (AvgIpc) is 3.17. The number of oxazole rings is 1. The summed E-state index contributed by atoms with van der Waals surface area (Å²) in [5, 5.41) is 7.65. The van der Waals surface area contributed by atoms with Crippen LogP contribution >= 0.6 is 0 Å². The first-order valence-electron chi connectivity index (χ1n) is 6.48. The molecule has 0 unspecified atom stereocenters. The van der Waals surface area contributed by atoms with Gasteiger partial charge in [-0.25, -0.2) is 4.98 Å². The van der Waals surface area contributed by atoms with E-state index in [0.29, 0.717) is 5.89 Å². The van der Waals surface area contributed by atoms with Gasteiger partial charge in [-0.1, -0.05) is 0 Å². The van der Waals surface area contributed by atoms with Crippen molar-refractivity contribution in [2.75, 3.05) is 0 Å². The van der Waals surface area contributed by atoms with Crippen LogP contribution in [0.1, 0.15) is 5.56 Å². The van der Waals surface area contributed by atoms with E-state index in [1.165, 1.54) is 0 Å². The van der Waals surface area contributed by atoms with Gasteiger partial charge in [0, 0.05) is 18.0 Å². The molecular formula is C15H11N5O. The van der Waals surface area contributed by atoms with E-state index >= 15 is 0 Å². The number of aromatic nitrogens is 5. The van der Waals surface area contributed by atoms with Gasteiger partial charge in [-0.3, -0.25) is 9.55 Å². The SMILES string of the molecule is Cc1cc(-n2cnnc2)cc2nc(-c3ccncc3)oc12. The van der Waals surface area contributed by atoms with Crippen molar-refractivity contribution in [3.63, 3.8) is 0 Å². The molecule has 0 amide bonds. The van der Waals surface area contributed by atoms with Crippen molar-refractivity contribution in [3.05, 3.63) is 54.9 Å². The number of rotatable bonds is 2. The molecule has 0 bridgehead atoms. The van der Waals surface area contributed by atoms with Gasteiger partial charge in [0.05, 0.1) is 5.69 Å². The van der Waals surface area contributed by atoms with Crippen LogP contribution in [-0.2, 0) is 0 Å². The topological polar surface area (TPSA) is 69.6 Å². The molecule has 0 aliphatic heterocycles. The smallest absolute Gasteiger partial charge is 0.227 e. The van der Waals surface area contributed by atoms with Gasteiger partial charge in [0.1, 0.15) is 18.2 Å². The molecule has 102 valence electrons. The first kappa shape index (κ1) is 11.8. The molecule has 21 heavy (non-hydrogen) atoms. The zero-order valence-electron chi connectivity index (χ0n) is 11.3. The van der Waals surface area contributed by atoms with Gasteiger partial charge in [0.15, 0.2) is 5.58 Å². The van der Waals surface area contributed by atoms with Crippen LogP contribution in [0.15, 0.2) is 53.7 Å². The second kappa shape index (κ2) is 4.52. The predicted molar refractivity (Wildman–Crippen MR) is 76.9 cm³/mol. The molecule has 0 fully saturated rings. The highest BCUT2D eigenvalue weighted by molar-refractivity contribution is 5.81. The number of hydrogen-bond donors (Lipinski definition) is 0. The lowest BCUT2D eigenvalue weighted by Gasteiger charge is -2.02. The van der Waals surface area contributed by atoms with Gasteiger partial charge < -0.3 is 4.42 Å². The minimum absolute atomic E-state index is 0.594. The summed E-state index contributed by atoms with van der Waals surface area (Å²) in [6, 6.07) is 7.73. The Morgan fingerprint density at radius 2 is 1.81 bits per heavy atom. The molecule has 0 aliphatic rings. The Bertz CT molecular complexity index is 897. The van der Waals surface area contributed by atoms with Crippen molar-refractivity contribution in [2.24, 2.45) is 0 Å². The second-order valence-electron chi connectivity index (χ2n) is 4.73. The third kappa shape index (κ3) is 1.97. The highest BCUT2D eigenvalue weighted by atomic mass is 16.3. The summed E-state index contributed by atoms with van der Waals surface area (Å²) >= 11 is 0. The standard InChI is InChI=1S/C15H11N5O/c1-10-6-12(20-8-17-18-9-20)7-13-14(10)21-15(19-13)11-2-4-16-5-3-11/h2-9H,1H3. The van der Waals surface area contributed by atoms with Crippen LogP contribution in [0.4, 0.5) is 0 Å². The molecule has 3 aromatic heterocycles. The molecule has 0 N–H and O–H groups in total. The fourth-order valence-corrected chi connectivity index (χ4v) is 2.28.